The van der Waals surface area contributed by atoms with E-state index in [0.717, 1.165) is 6.42 Å². The van der Waals surface area contributed by atoms with Gasteiger partial charge in [-0.05, 0) is 26.2 Å². The summed E-state index contributed by atoms with van der Waals surface area (Å²) in [5, 5.41) is 0. The van der Waals surface area contributed by atoms with E-state index in [2.05, 4.69) is 6.92 Å². The van der Waals surface area contributed by atoms with E-state index >= 15 is 0 Å². The van der Waals surface area contributed by atoms with Gasteiger partial charge in [-0.2, -0.15) is 0 Å². The minimum atomic E-state index is -0.269. The van der Waals surface area contributed by atoms with Crippen molar-refractivity contribution in [3.05, 3.63) is 0 Å². The Morgan fingerprint density at radius 1 is 1.53 bits per heavy atom. The molecule has 0 radical (unpaired) electrons. The standard InChI is InChI=1S/C13H23NO3/c1-9-5-11(9)12(15)14-6-10(7-16-4)17-13(2,3)8-14/h9-11H,5-8H2,1-4H3. The first-order valence-corrected chi connectivity index (χ1v) is 6.38. The van der Waals surface area contributed by atoms with Crippen LogP contribution in [0.4, 0.5) is 0 Å². The molecule has 1 saturated heterocycles. The third kappa shape index (κ3) is 2.99. The second-order valence-electron chi connectivity index (χ2n) is 5.99. The van der Waals surface area contributed by atoms with Gasteiger partial charge in [0.05, 0.1) is 18.3 Å². The van der Waals surface area contributed by atoms with Crippen LogP contribution in [0.5, 0.6) is 0 Å². The highest BCUT2D eigenvalue weighted by atomic mass is 16.5. The third-order valence-electron chi connectivity index (χ3n) is 3.57. The summed E-state index contributed by atoms with van der Waals surface area (Å²) >= 11 is 0. The van der Waals surface area contributed by atoms with Crippen LogP contribution in [0.15, 0.2) is 0 Å². The molecule has 1 aliphatic heterocycles. The molecule has 0 bridgehead atoms. The topological polar surface area (TPSA) is 38.8 Å². The number of amides is 1. The molecule has 3 unspecified atom stereocenters. The Kier molecular flexibility index (Phi) is 3.46. The van der Waals surface area contributed by atoms with Gasteiger partial charge in [0.25, 0.3) is 0 Å². The largest absolute Gasteiger partial charge is 0.382 e. The Bertz CT molecular complexity index is 303. The molecule has 2 rings (SSSR count). The monoisotopic (exact) mass is 241 g/mol. The van der Waals surface area contributed by atoms with Crippen molar-refractivity contribution in [2.24, 2.45) is 11.8 Å². The molecule has 0 aromatic carbocycles. The van der Waals surface area contributed by atoms with Gasteiger partial charge < -0.3 is 14.4 Å². The summed E-state index contributed by atoms with van der Waals surface area (Å²) in [6.07, 6.45) is 1.05. The van der Waals surface area contributed by atoms with Gasteiger partial charge in [0.2, 0.25) is 5.91 Å². The Labute approximate surface area is 103 Å². The molecule has 98 valence electrons. The number of hydrogen-bond acceptors (Lipinski definition) is 3. The average molecular weight is 241 g/mol. The molecule has 4 heteroatoms. The van der Waals surface area contributed by atoms with Gasteiger partial charge in [-0.3, -0.25) is 4.79 Å². The maximum Gasteiger partial charge on any atom is 0.226 e. The average Bonchev–Trinajstić information content (AvgIpc) is 2.92. The van der Waals surface area contributed by atoms with Crippen molar-refractivity contribution in [2.75, 3.05) is 26.8 Å². The number of carbonyl (C=O) groups is 1. The highest BCUT2D eigenvalue weighted by molar-refractivity contribution is 5.81. The first-order chi connectivity index (χ1) is 7.93. The van der Waals surface area contributed by atoms with E-state index in [0.29, 0.717) is 31.5 Å². The summed E-state index contributed by atoms with van der Waals surface area (Å²) < 4.78 is 11.0. The van der Waals surface area contributed by atoms with E-state index in [1.807, 2.05) is 18.7 Å². The lowest BCUT2D eigenvalue weighted by molar-refractivity contribution is -0.169. The summed E-state index contributed by atoms with van der Waals surface area (Å²) in [4.78, 5) is 14.2. The van der Waals surface area contributed by atoms with Crippen molar-refractivity contribution in [3.63, 3.8) is 0 Å². The van der Waals surface area contributed by atoms with E-state index in [9.17, 15) is 4.79 Å². The van der Waals surface area contributed by atoms with E-state index in [1.54, 1.807) is 7.11 Å². The van der Waals surface area contributed by atoms with Gasteiger partial charge in [-0.25, -0.2) is 0 Å². The quantitative estimate of drug-likeness (QED) is 0.747. The third-order valence-corrected chi connectivity index (χ3v) is 3.57. The van der Waals surface area contributed by atoms with Crippen molar-refractivity contribution in [1.29, 1.82) is 0 Å². The summed E-state index contributed by atoms with van der Waals surface area (Å²) in [7, 11) is 1.67. The van der Waals surface area contributed by atoms with Gasteiger partial charge in [0, 0.05) is 26.1 Å². The molecule has 17 heavy (non-hydrogen) atoms. The number of morpholine rings is 1. The SMILES string of the molecule is COCC1CN(C(=O)C2CC2C)CC(C)(C)O1. The molecule has 4 nitrogen and oxygen atoms in total. The molecule has 2 aliphatic rings. The first-order valence-electron chi connectivity index (χ1n) is 6.38. The Morgan fingerprint density at radius 2 is 2.18 bits per heavy atom. The van der Waals surface area contributed by atoms with Crippen LogP contribution in [0.2, 0.25) is 0 Å². The lowest BCUT2D eigenvalue weighted by Crippen LogP contribution is -2.56. The number of carbonyl (C=O) groups excluding carboxylic acids is 1. The zero-order chi connectivity index (χ0) is 12.6. The lowest BCUT2D eigenvalue weighted by Gasteiger charge is -2.42. The zero-order valence-corrected chi connectivity index (χ0v) is 11.2. The molecule has 0 N–H and O–H groups in total. The fourth-order valence-corrected chi connectivity index (χ4v) is 2.64. The van der Waals surface area contributed by atoms with Crippen LogP contribution in [0.1, 0.15) is 27.2 Å². The van der Waals surface area contributed by atoms with Crippen molar-refractivity contribution in [3.8, 4) is 0 Å². The molecule has 0 aromatic rings. The molecule has 2 fully saturated rings. The predicted molar refractivity (Wildman–Crippen MR) is 64.7 cm³/mol. The molecule has 0 spiro atoms. The van der Waals surface area contributed by atoms with E-state index in [1.165, 1.54) is 0 Å². The van der Waals surface area contributed by atoms with Gasteiger partial charge in [0.15, 0.2) is 0 Å². The maximum absolute atomic E-state index is 12.2. The van der Waals surface area contributed by atoms with E-state index < -0.39 is 0 Å². The molecule has 0 aromatic heterocycles. The molecule has 3 atom stereocenters. The Morgan fingerprint density at radius 3 is 2.71 bits per heavy atom. The van der Waals surface area contributed by atoms with Gasteiger partial charge >= 0.3 is 0 Å². The van der Waals surface area contributed by atoms with Crippen molar-refractivity contribution < 1.29 is 14.3 Å². The van der Waals surface area contributed by atoms with E-state index in [4.69, 9.17) is 9.47 Å². The van der Waals surface area contributed by atoms with Gasteiger partial charge in [-0.15, -0.1) is 0 Å². The summed E-state index contributed by atoms with van der Waals surface area (Å²) in [6, 6.07) is 0. The zero-order valence-electron chi connectivity index (χ0n) is 11.2. The van der Waals surface area contributed by atoms with Crippen LogP contribution in [0, 0.1) is 11.8 Å². The number of hydrogen-bond donors (Lipinski definition) is 0. The normalized spacial score (nSPS) is 35.8. The van der Waals surface area contributed by atoms with Crippen LogP contribution in [-0.4, -0.2) is 49.3 Å². The maximum atomic E-state index is 12.2. The molecule has 1 saturated carbocycles. The molecule has 1 aliphatic carbocycles. The van der Waals surface area contributed by atoms with Crippen LogP contribution in [-0.2, 0) is 14.3 Å². The van der Waals surface area contributed by atoms with Crippen molar-refractivity contribution >= 4 is 5.91 Å². The second-order valence-corrected chi connectivity index (χ2v) is 5.99. The lowest BCUT2D eigenvalue weighted by atomic mass is 10.0. The van der Waals surface area contributed by atoms with E-state index in [-0.39, 0.29) is 17.6 Å². The highest BCUT2D eigenvalue weighted by Gasteiger charge is 2.44. The summed E-state index contributed by atoms with van der Waals surface area (Å²) in [6.45, 7) is 8.11. The Balaban J connectivity index is 1.99. The van der Waals surface area contributed by atoms with Crippen LogP contribution in [0.3, 0.4) is 0 Å². The van der Waals surface area contributed by atoms with Gasteiger partial charge in [-0.1, -0.05) is 6.92 Å². The number of rotatable bonds is 3. The van der Waals surface area contributed by atoms with Gasteiger partial charge in [0.1, 0.15) is 0 Å². The Hall–Kier alpha value is -0.610. The fourth-order valence-electron chi connectivity index (χ4n) is 2.64. The minimum absolute atomic E-state index is 0.00163. The minimum Gasteiger partial charge on any atom is -0.382 e. The van der Waals surface area contributed by atoms with Crippen LogP contribution >= 0.6 is 0 Å². The molecular weight excluding hydrogens is 218 g/mol. The second kappa shape index (κ2) is 4.58. The van der Waals surface area contributed by atoms with Crippen LogP contribution in [0.25, 0.3) is 0 Å². The summed E-state index contributed by atoms with van der Waals surface area (Å²) in [5.41, 5.74) is -0.269. The molecule has 1 heterocycles. The fraction of sp³-hybridized carbons (Fsp3) is 0.923. The first kappa shape index (κ1) is 12.8. The number of nitrogens with zero attached hydrogens (tertiary/aromatic N) is 1. The van der Waals surface area contributed by atoms with Crippen LogP contribution < -0.4 is 0 Å². The molecule has 1 amide bonds. The smallest absolute Gasteiger partial charge is 0.226 e. The molecular formula is C13H23NO3. The predicted octanol–water partition coefficient (Wildman–Crippen LogP) is 1.29. The van der Waals surface area contributed by atoms with Crippen molar-refractivity contribution in [2.45, 2.75) is 38.9 Å². The highest BCUT2D eigenvalue weighted by Crippen LogP contribution is 2.40. The number of methoxy groups -OCH3 is 1. The summed E-state index contributed by atoms with van der Waals surface area (Å²) in [5.74, 6) is 1.12. The van der Waals surface area contributed by atoms with Crippen molar-refractivity contribution in [1.82, 2.24) is 4.90 Å². The number of ether oxygens (including phenoxy) is 2.